The van der Waals surface area contributed by atoms with Crippen LogP contribution in [-0.4, -0.2) is 32.4 Å². The number of amides is 1. The van der Waals surface area contributed by atoms with Crippen LogP contribution in [0.4, 0.5) is 11.4 Å². The number of primary amides is 1. The SMILES string of the molecule is CCS(=O)(=O)CCNc1cccc(C(N)=O)c1N. The van der Waals surface area contributed by atoms with Gasteiger partial charge in [0.2, 0.25) is 0 Å². The lowest BCUT2D eigenvalue weighted by molar-refractivity contribution is 0.100. The summed E-state index contributed by atoms with van der Waals surface area (Å²) in [5.74, 6) is -0.493. The fourth-order valence-electron chi connectivity index (χ4n) is 1.42. The van der Waals surface area contributed by atoms with Gasteiger partial charge in [0.15, 0.2) is 9.84 Å². The van der Waals surface area contributed by atoms with Crippen molar-refractivity contribution in [3.63, 3.8) is 0 Å². The van der Waals surface area contributed by atoms with Crippen LogP contribution in [0.2, 0.25) is 0 Å². The smallest absolute Gasteiger partial charge is 0.250 e. The highest BCUT2D eigenvalue weighted by atomic mass is 32.2. The maximum absolute atomic E-state index is 11.3. The predicted octanol–water partition coefficient (Wildman–Crippen LogP) is 0.214. The molecule has 0 unspecified atom stereocenters. The fourth-order valence-corrected chi connectivity index (χ4v) is 2.12. The zero-order valence-electron chi connectivity index (χ0n) is 10.1. The first-order chi connectivity index (χ1) is 8.37. The van der Waals surface area contributed by atoms with Crippen LogP contribution in [0.15, 0.2) is 18.2 Å². The zero-order valence-corrected chi connectivity index (χ0v) is 11.0. The molecule has 0 bridgehead atoms. The summed E-state index contributed by atoms with van der Waals surface area (Å²) in [5.41, 5.74) is 11.9. The third-order valence-electron chi connectivity index (χ3n) is 2.54. The van der Waals surface area contributed by atoms with E-state index in [2.05, 4.69) is 5.32 Å². The normalized spacial score (nSPS) is 11.2. The predicted molar refractivity (Wildman–Crippen MR) is 72.2 cm³/mol. The lowest BCUT2D eigenvalue weighted by Gasteiger charge is -2.11. The van der Waals surface area contributed by atoms with Crippen LogP contribution in [0.5, 0.6) is 0 Å². The monoisotopic (exact) mass is 271 g/mol. The van der Waals surface area contributed by atoms with Gasteiger partial charge in [-0.1, -0.05) is 13.0 Å². The highest BCUT2D eigenvalue weighted by Gasteiger charge is 2.10. The van der Waals surface area contributed by atoms with E-state index in [1.54, 1.807) is 19.1 Å². The molecule has 0 aliphatic carbocycles. The molecule has 5 N–H and O–H groups in total. The Morgan fingerprint density at radius 2 is 2.06 bits per heavy atom. The van der Waals surface area contributed by atoms with Crippen molar-refractivity contribution in [3.05, 3.63) is 23.8 Å². The molecule has 0 atom stereocenters. The molecular weight excluding hydrogens is 254 g/mol. The number of para-hydroxylation sites is 1. The van der Waals surface area contributed by atoms with Gasteiger partial charge in [-0.05, 0) is 12.1 Å². The number of hydrogen-bond acceptors (Lipinski definition) is 5. The van der Waals surface area contributed by atoms with E-state index in [0.717, 1.165) is 0 Å². The van der Waals surface area contributed by atoms with Gasteiger partial charge in [-0.2, -0.15) is 0 Å². The quantitative estimate of drug-likeness (QED) is 0.640. The van der Waals surface area contributed by atoms with Crippen LogP contribution < -0.4 is 16.8 Å². The van der Waals surface area contributed by atoms with E-state index in [-0.39, 0.29) is 29.3 Å². The number of hydrogen-bond donors (Lipinski definition) is 3. The molecule has 0 saturated heterocycles. The van der Waals surface area contributed by atoms with E-state index in [1.165, 1.54) is 6.07 Å². The molecule has 0 aromatic heterocycles. The first kappa shape index (κ1) is 14.3. The zero-order chi connectivity index (χ0) is 13.8. The van der Waals surface area contributed by atoms with E-state index in [4.69, 9.17) is 11.5 Å². The molecular formula is C11H17N3O3S. The first-order valence-electron chi connectivity index (χ1n) is 5.50. The third-order valence-corrected chi connectivity index (χ3v) is 4.25. The molecule has 0 fully saturated rings. The number of benzene rings is 1. The fraction of sp³-hybridized carbons (Fsp3) is 0.364. The molecule has 0 saturated carbocycles. The molecule has 0 radical (unpaired) electrons. The average molecular weight is 271 g/mol. The lowest BCUT2D eigenvalue weighted by atomic mass is 10.1. The molecule has 1 aromatic rings. The Balaban J connectivity index is 2.75. The van der Waals surface area contributed by atoms with Gasteiger partial charge in [0.1, 0.15) is 0 Å². The van der Waals surface area contributed by atoms with Crippen LogP contribution >= 0.6 is 0 Å². The van der Waals surface area contributed by atoms with Crippen molar-refractivity contribution in [3.8, 4) is 0 Å². The van der Waals surface area contributed by atoms with Crippen LogP contribution in [0, 0.1) is 0 Å². The van der Waals surface area contributed by atoms with Crippen LogP contribution in [0.3, 0.4) is 0 Å². The van der Waals surface area contributed by atoms with E-state index in [1.807, 2.05) is 0 Å². The maximum Gasteiger partial charge on any atom is 0.250 e. The number of nitrogens with two attached hydrogens (primary N) is 2. The molecule has 0 heterocycles. The van der Waals surface area contributed by atoms with E-state index < -0.39 is 15.7 Å². The van der Waals surface area contributed by atoms with Gasteiger partial charge in [0.05, 0.1) is 22.7 Å². The van der Waals surface area contributed by atoms with Crippen LogP contribution in [0.25, 0.3) is 0 Å². The third kappa shape index (κ3) is 3.63. The molecule has 18 heavy (non-hydrogen) atoms. The average Bonchev–Trinajstić information content (AvgIpc) is 2.31. The molecule has 100 valence electrons. The van der Waals surface area contributed by atoms with Crippen molar-refractivity contribution in [2.24, 2.45) is 5.73 Å². The van der Waals surface area contributed by atoms with Crippen molar-refractivity contribution < 1.29 is 13.2 Å². The summed E-state index contributed by atoms with van der Waals surface area (Å²) in [5, 5.41) is 2.89. The van der Waals surface area contributed by atoms with Crippen LogP contribution in [0.1, 0.15) is 17.3 Å². The number of sulfone groups is 1. The van der Waals surface area contributed by atoms with E-state index in [9.17, 15) is 13.2 Å². The molecule has 1 amide bonds. The summed E-state index contributed by atoms with van der Waals surface area (Å²) in [4.78, 5) is 11.1. The largest absolute Gasteiger partial charge is 0.396 e. The van der Waals surface area contributed by atoms with Crippen molar-refractivity contribution in [2.75, 3.05) is 29.1 Å². The molecule has 0 spiro atoms. The minimum absolute atomic E-state index is 0.0176. The van der Waals surface area contributed by atoms with Gasteiger partial charge in [0.25, 0.3) is 5.91 Å². The number of carbonyl (C=O) groups is 1. The number of rotatable bonds is 6. The molecule has 0 aliphatic heterocycles. The summed E-state index contributed by atoms with van der Waals surface area (Å²) in [7, 11) is -3.02. The number of nitrogens with one attached hydrogen (secondary N) is 1. The second kappa shape index (κ2) is 5.72. The molecule has 1 aromatic carbocycles. The Kier molecular flexibility index (Phi) is 4.55. The van der Waals surface area contributed by atoms with Gasteiger partial charge in [-0.3, -0.25) is 4.79 Å². The topological polar surface area (TPSA) is 115 Å². The van der Waals surface area contributed by atoms with Crippen LogP contribution in [-0.2, 0) is 9.84 Å². The summed E-state index contributed by atoms with van der Waals surface area (Å²) in [6.07, 6.45) is 0. The minimum Gasteiger partial charge on any atom is -0.396 e. The Bertz CT molecular complexity index is 540. The molecule has 7 heteroatoms. The minimum atomic E-state index is -3.02. The second-order valence-corrected chi connectivity index (χ2v) is 6.27. The summed E-state index contributed by atoms with van der Waals surface area (Å²) < 4.78 is 22.6. The van der Waals surface area contributed by atoms with Crippen molar-refractivity contribution in [1.29, 1.82) is 0 Å². The van der Waals surface area contributed by atoms with Gasteiger partial charge in [0, 0.05) is 12.3 Å². The Morgan fingerprint density at radius 1 is 1.39 bits per heavy atom. The highest BCUT2D eigenvalue weighted by Crippen LogP contribution is 2.22. The maximum atomic E-state index is 11.3. The number of carbonyl (C=O) groups excluding carboxylic acids is 1. The van der Waals surface area contributed by atoms with Gasteiger partial charge in [-0.25, -0.2) is 8.42 Å². The summed E-state index contributed by atoms with van der Waals surface area (Å²) in [6, 6.07) is 4.82. The summed E-state index contributed by atoms with van der Waals surface area (Å²) >= 11 is 0. The highest BCUT2D eigenvalue weighted by molar-refractivity contribution is 7.91. The van der Waals surface area contributed by atoms with Crippen molar-refractivity contribution in [1.82, 2.24) is 0 Å². The van der Waals surface area contributed by atoms with Gasteiger partial charge >= 0.3 is 0 Å². The van der Waals surface area contributed by atoms with Crippen molar-refractivity contribution >= 4 is 27.1 Å². The van der Waals surface area contributed by atoms with Crippen molar-refractivity contribution in [2.45, 2.75) is 6.92 Å². The molecule has 6 nitrogen and oxygen atoms in total. The Labute approximate surface area is 106 Å². The molecule has 1 rings (SSSR count). The summed E-state index contributed by atoms with van der Waals surface area (Å²) in [6.45, 7) is 1.83. The second-order valence-electron chi connectivity index (χ2n) is 3.79. The molecule has 0 aliphatic rings. The Morgan fingerprint density at radius 3 is 2.61 bits per heavy atom. The first-order valence-corrected chi connectivity index (χ1v) is 7.32. The lowest BCUT2D eigenvalue weighted by Crippen LogP contribution is -2.19. The van der Waals surface area contributed by atoms with E-state index in [0.29, 0.717) is 5.69 Å². The van der Waals surface area contributed by atoms with Gasteiger partial charge < -0.3 is 16.8 Å². The van der Waals surface area contributed by atoms with Gasteiger partial charge in [-0.15, -0.1) is 0 Å². The number of nitrogen functional groups attached to an aromatic ring is 1. The standard InChI is InChI=1S/C11H17N3O3S/c1-2-18(16,17)7-6-14-9-5-3-4-8(10(9)12)11(13)15/h3-5,14H,2,6-7,12H2,1H3,(H2,13,15). The Hall–Kier alpha value is -1.76. The number of anilines is 2. The van der Waals surface area contributed by atoms with E-state index >= 15 is 0 Å².